The lowest BCUT2D eigenvalue weighted by Gasteiger charge is -2.04. The van der Waals surface area contributed by atoms with Crippen LogP contribution < -0.4 is 5.73 Å². The Morgan fingerprint density at radius 2 is 1.70 bits per heavy atom. The zero-order chi connectivity index (χ0) is 15.4. The quantitative estimate of drug-likeness (QED) is 0.649. The summed E-state index contributed by atoms with van der Waals surface area (Å²) in [5.41, 5.74) is 8.12. The van der Waals surface area contributed by atoms with Crippen LogP contribution in [0.2, 0.25) is 0 Å². The summed E-state index contributed by atoms with van der Waals surface area (Å²) in [6, 6.07) is 8.56. The van der Waals surface area contributed by atoms with Gasteiger partial charge in [0.1, 0.15) is 0 Å². The predicted molar refractivity (Wildman–Crippen MR) is 87.5 cm³/mol. The molecule has 0 spiro atoms. The molecule has 0 saturated heterocycles. The van der Waals surface area contributed by atoms with Crippen LogP contribution in [-0.2, 0) is 17.8 Å². The second-order valence-electron chi connectivity index (χ2n) is 5.11. The highest BCUT2D eigenvalue weighted by molar-refractivity contribution is 5.87. The van der Waals surface area contributed by atoms with Crippen molar-refractivity contribution in [1.29, 1.82) is 0 Å². The summed E-state index contributed by atoms with van der Waals surface area (Å²) in [5.74, 6) is 0.817. The number of nitrogens with two attached hydrogens (primary N) is 1. The summed E-state index contributed by atoms with van der Waals surface area (Å²) in [6.45, 7) is 8.54. The van der Waals surface area contributed by atoms with Gasteiger partial charge in [-0.2, -0.15) is 0 Å². The van der Waals surface area contributed by atoms with Crippen molar-refractivity contribution in [1.82, 2.24) is 0 Å². The molecule has 0 radical (unpaired) electrons. The molecular formula is C18H27NO. The van der Waals surface area contributed by atoms with E-state index in [2.05, 4.69) is 38.1 Å². The third-order valence-electron chi connectivity index (χ3n) is 2.54. The first-order valence-electron chi connectivity index (χ1n) is 7.07. The van der Waals surface area contributed by atoms with Gasteiger partial charge < -0.3 is 5.73 Å². The largest absolute Gasteiger partial charge is 0.326 e. The molecule has 0 bridgehead atoms. The van der Waals surface area contributed by atoms with Gasteiger partial charge in [0.25, 0.3) is 0 Å². The van der Waals surface area contributed by atoms with Gasteiger partial charge in [-0.05, 0) is 43.4 Å². The van der Waals surface area contributed by atoms with E-state index in [-0.39, 0.29) is 5.78 Å². The van der Waals surface area contributed by atoms with Crippen LogP contribution in [0.4, 0.5) is 0 Å². The molecular weight excluding hydrogens is 246 g/mol. The van der Waals surface area contributed by atoms with E-state index in [0.29, 0.717) is 6.54 Å². The van der Waals surface area contributed by atoms with E-state index in [0.717, 1.165) is 12.3 Å². The Morgan fingerprint density at radius 1 is 1.15 bits per heavy atom. The number of allylic oxidation sites excluding steroid dienone is 4. The van der Waals surface area contributed by atoms with E-state index in [9.17, 15) is 4.79 Å². The molecule has 1 rings (SSSR count). The molecule has 20 heavy (non-hydrogen) atoms. The molecule has 0 fully saturated rings. The molecule has 0 heterocycles. The van der Waals surface area contributed by atoms with Gasteiger partial charge in [0.05, 0.1) is 0 Å². The van der Waals surface area contributed by atoms with Crippen LogP contribution in [0.3, 0.4) is 0 Å². The number of hydrogen-bond donors (Lipinski definition) is 1. The monoisotopic (exact) mass is 273 g/mol. The fraction of sp³-hybridized carbons (Fsp3) is 0.389. The third-order valence-corrected chi connectivity index (χ3v) is 2.54. The highest BCUT2D eigenvalue weighted by Gasteiger charge is 1.96. The second kappa shape index (κ2) is 11.2. The van der Waals surface area contributed by atoms with Crippen molar-refractivity contribution in [2.24, 2.45) is 11.7 Å². The van der Waals surface area contributed by atoms with Gasteiger partial charge in [-0.3, -0.25) is 4.79 Å². The van der Waals surface area contributed by atoms with Crippen molar-refractivity contribution in [3.05, 3.63) is 59.7 Å². The molecule has 2 nitrogen and oxygen atoms in total. The lowest BCUT2D eigenvalue weighted by atomic mass is 10.0. The number of carbonyl (C=O) groups is 1. The second-order valence-corrected chi connectivity index (χ2v) is 5.11. The molecule has 110 valence electrons. The zero-order valence-electron chi connectivity index (χ0n) is 13.1. The van der Waals surface area contributed by atoms with Crippen LogP contribution >= 0.6 is 0 Å². The van der Waals surface area contributed by atoms with E-state index in [1.807, 2.05) is 19.1 Å². The van der Waals surface area contributed by atoms with Gasteiger partial charge >= 0.3 is 0 Å². The van der Waals surface area contributed by atoms with E-state index < -0.39 is 0 Å². The molecule has 0 aliphatic rings. The van der Waals surface area contributed by atoms with Gasteiger partial charge in [0.2, 0.25) is 0 Å². The Balaban J connectivity index is 0.000000396. The minimum atomic E-state index is 0.0862. The van der Waals surface area contributed by atoms with Crippen LogP contribution in [0.1, 0.15) is 38.8 Å². The molecule has 0 aromatic heterocycles. The fourth-order valence-electron chi connectivity index (χ4n) is 1.59. The topological polar surface area (TPSA) is 43.1 Å². The summed E-state index contributed by atoms with van der Waals surface area (Å²) in [6.07, 6.45) is 8.11. The normalized spacial score (nSPS) is 10.9. The average molecular weight is 273 g/mol. The first-order valence-corrected chi connectivity index (χ1v) is 7.07. The molecule has 0 amide bonds. The van der Waals surface area contributed by atoms with Gasteiger partial charge in [-0.15, -0.1) is 0 Å². The van der Waals surface area contributed by atoms with E-state index >= 15 is 0 Å². The van der Waals surface area contributed by atoms with E-state index in [4.69, 9.17) is 5.73 Å². The Hall–Kier alpha value is -1.67. The fourth-order valence-corrected chi connectivity index (χ4v) is 1.59. The van der Waals surface area contributed by atoms with Crippen molar-refractivity contribution in [2.45, 2.75) is 40.7 Å². The smallest absolute Gasteiger partial charge is 0.152 e. The summed E-state index contributed by atoms with van der Waals surface area (Å²) in [7, 11) is 0. The predicted octanol–water partition coefficient (Wildman–Crippen LogP) is 4.05. The third kappa shape index (κ3) is 10.3. The Labute approximate surface area is 123 Å². The minimum Gasteiger partial charge on any atom is -0.326 e. The summed E-state index contributed by atoms with van der Waals surface area (Å²) < 4.78 is 0. The lowest BCUT2D eigenvalue weighted by Crippen LogP contribution is -1.97. The maximum absolute atomic E-state index is 10.2. The molecule has 0 unspecified atom stereocenters. The van der Waals surface area contributed by atoms with E-state index in [1.165, 1.54) is 24.1 Å². The minimum absolute atomic E-state index is 0.0862. The Bertz CT molecular complexity index is 427. The molecule has 2 N–H and O–H groups in total. The number of benzene rings is 1. The van der Waals surface area contributed by atoms with Crippen molar-refractivity contribution in [3.63, 3.8) is 0 Å². The maximum Gasteiger partial charge on any atom is 0.152 e. The summed E-state index contributed by atoms with van der Waals surface area (Å²) in [4.78, 5) is 10.2. The summed E-state index contributed by atoms with van der Waals surface area (Å²) in [5, 5.41) is 0. The molecule has 1 aromatic carbocycles. The highest BCUT2D eigenvalue weighted by atomic mass is 16.1. The van der Waals surface area contributed by atoms with Gasteiger partial charge in [-0.1, -0.05) is 56.3 Å². The van der Waals surface area contributed by atoms with Gasteiger partial charge in [-0.25, -0.2) is 0 Å². The molecule has 1 aromatic rings. The van der Waals surface area contributed by atoms with Crippen molar-refractivity contribution >= 4 is 5.78 Å². The van der Waals surface area contributed by atoms with Crippen LogP contribution in [0, 0.1) is 5.92 Å². The van der Waals surface area contributed by atoms with Crippen LogP contribution in [0.15, 0.2) is 48.6 Å². The number of carbonyl (C=O) groups excluding carboxylic acids is 1. The molecule has 0 aliphatic carbocycles. The van der Waals surface area contributed by atoms with Crippen molar-refractivity contribution in [3.8, 4) is 0 Å². The zero-order valence-corrected chi connectivity index (χ0v) is 13.1. The number of rotatable bonds is 5. The standard InChI is InChI=1S/C11H17N.C7H10O/c1-9(2)7-10-3-5-11(8-12)6-4-10;1-3-4-5-6-7(2)8/h3-6,9H,7-8,12H2,1-2H3;3-6H,1-2H3/b;4-3-,6-5-. The van der Waals surface area contributed by atoms with Gasteiger partial charge in [0.15, 0.2) is 5.78 Å². The summed E-state index contributed by atoms with van der Waals surface area (Å²) >= 11 is 0. The number of hydrogen-bond acceptors (Lipinski definition) is 2. The highest BCUT2D eigenvalue weighted by Crippen LogP contribution is 2.09. The first kappa shape index (κ1) is 18.3. The molecule has 0 saturated carbocycles. The van der Waals surface area contributed by atoms with Crippen LogP contribution in [-0.4, -0.2) is 5.78 Å². The molecule has 0 aliphatic heterocycles. The van der Waals surface area contributed by atoms with Crippen molar-refractivity contribution < 1.29 is 4.79 Å². The van der Waals surface area contributed by atoms with Crippen molar-refractivity contribution in [2.75, 3.05) is 0 Å². The molecule has 2 heteroatoms. The molecule has 0 atom stereocenters. The Morgan fingerprint density at radius 3 is 2.10 bits per heavy atom. The first-order chi connectivity index (χ1) is 9.49. The SMILES string of the molecule is C/C=C\C=C/C(C)=O.CC(C)Cc1ccc(CN)cc1. The number of ketones is 1. The maximum atomic E-state index is 10.2. The average Bonchev–Trinajstić information content (AvgIpc) is 2.40. The van der Waals surface area contributed by atoms with E-state index in [1.54, 1.807) is 6.08 Å². The van der Waals surface area contributed by atoms with Crippen LogP contribution in [0.25, 0.3) is 0 Å². The lowest BCUT2D eigenvalue weighted by molar-refractivity contribution is -0.112. The Kier molecular flexibility index (Phi) is 10.2. The van der Waals surface area contributed by atoms with Crippen LogP contribution in [0.5, 0.6) is 0 Å². The van der Waals surface area contributed by atoms with Gasteiger partial charge in [0, 0.05) is 6.54 Å².